The summed E-state index contributed by atoms with van der Waals surface area (Å²) in [7, 11) is 0. The van der Waals surface area contributed by atoms with Gasteiger partial charge in [0, 0.05) is 25.3 Å². The summed E-state index contributed by atoms with van der Waals surface area (Å²) in [6, 6.07) is 8.87. The van der Waals surface area contributed by atoms with E-state index in [-0.39, 0.29) is 19.0 Å². The molecule has 1 aromatic rings. The molecule has 0 aliphatic carbocycles. The molecule has 8 nitrogen and oxygen atoms in total. The van der Waals surface area contributed by atoms with Crippen LogP contribution in [0.1, 0.15) is 20.8 Å². The number of aliphatic hydroxyl groups is 2. The fraction of sp³-hybridized carbons (Fsp3) is 0.579. The lowest BCUT2D eigenvalue weighted by molar-refractivity contribution is -0.123. The molecule has 0 saturated carbocycles. The van der Waals surface area contributed by atoms with Crippen LogP contribution < -0.4 is 10.2 Å². The first kappa shape index (κ1) is 21.0. The summed E-state index contributed by atoms with van der Waals surface area (Å²) >= 11 is 0. The van der Waals surface area contributed by atoms with Gasteiger partial charge in [-0.2, -0.15) is 0 Å². The molecule has 2 atom stereocenters. The summed E-state index contributed by atoms with van der Waals surface area (Å²) in [5.41, 5.74) is 0.264. The Bertz CT molecular complexity index is 632. The molecule has 0 aromatic heterocycles. The Morgan fingerprint density at radius 3 is 2.52 bits per heavy atom. The van der Waals surface area contributed by atoms with E-state index in [4.69, 9.17) is 9.84 Å². The number of piperazine rings is 1. The quantitative estimate of drug-likeness (QED) is 0.692. The van der Waals surface area contributed by atoms with Gasteiger partial charge in [0.05, 0.1) is 19.3 Å². The normalized spacial score (nSPS) is 18.8. The van der Waals surface area contributed by atoms with Gasteiger partial charge in [-0.05, 0) is 32.9 Å². The number of ether oxygens (including phenoxy) is 1. The molecule has 0 radical (unpaired) electrons. The van der Waals surface area contributed by atoms with Crippen molar-refractivity contribution in [3.8, 4) is 0 Å². The fourth-order valence-electron chi connectivity index (χ4n) is 2.83. The second-order valence-corrected chi connectivity index (χ2v) is 7.55. The van der Waals surface area contributed by atoms with Crippen molar-refractivity contribution in [2.75, 3.05) is 37.7 Å². The largest absolute Gasteiger partial charge is 0.444 e. The molecule has 2 amide bonds. The minimum absolute atomic E-state index is 0.0547. The van der Waals surface area contributed by atoms with Crippen LogP contribution in [-0.2, 0) is 9.53 Å². The molecule has 1 aromatic carbocycles. The van der Waals surface area contributed by atoms with Crippen molar-refractivity contribution in [3.63, 3.8) is 0 Å². The van der Waals surface area contributed by atoms with E-state index in [0.29, 0.717) is 13.1 Å². The summed E-state index contributed by atoms with van der Waals surface area (Å²) in [5.74, 6) is -0.320. The zero-order valence-corrected chi connectivity index (χ0v) is 16.1. The van der Waals surface area contributed by atoms with Crippen molar-refractivity contribution in [2.24, 2.45) is 0 Å². The molecule has 0 spiro atoms. The van der Waals surface area contributed by atoms with Crippen molar-refractivity contribution in [1.82, 2.24) is 10.2 Å². The highest BCUT2D eigenvalue weighted by molar-refractivity contribution is 5.86. The summed E-state index contributed by atoms with van der Waals surface area (Å²) in [4.78, 5) is 28.6. The number of benzene rings is 1. The van der Waals surface area contributed by atoms with Gasteiger partial charge in [0.2, 0.25) is 5.91 Å². The molecular weight excluding hydrogens is 350 g/mol. The van der Waals surface area contributed by atoms with Crippen molar-refractivity contribution in [3.05, 3.63) is 30.3 Å². The maximum Gasteiger partial charge on any atom is 0.410 e. The van der Waals surface area contributed by atoms with Gasteiger partial charge in [-0.3, -0.25) is 4.79 Å². The number of hydrogen-bond acceptors (Lipinski definition) is 6. The number of para-hydroxylation sites is 1. The molecule has 8 heteroatoms. The van der Waals surface area contributed by atoms with Crippen molar-refractivity contribution in [1.29, 1.82) is 0 Å². The molecule has 150 valence electrons. The lowest BCUT2D eigenvalue weighted by Gasteiger charge is -2.42. The molecule has 1 aliphatic heterocycles. The maximum absolute atomic E-state index is 12.7. The second-order valence-electron chi connectivity index (χ2n) is 7.55. The van der Waals surface area contributed by atoms with Crippen LogP contribution in [-0.4, -0.2) is 77.6 Å². The van der Waals surface area contributed by atoms with E-state index in [2.05, 4.69) is 5.32 Å². The van der Waals surface area contributed by atoms with Crippen LogP contribution in [0.15, 0.2) is 30.3 Å². The summed E-state index contributed by atoms with van der Waals surface area (Å²) in [6.45, 7) is 5.99. The molecule has 1 aliphatic rings. The van der Waals surface area contributed by atoms with Gasteiger partial charge in [-0.25, -0.2) is 4.79 Å². The second kappa shape index (κ2) is 9.05. The smallest absolute Gasteiger partial charge is 0.410 e. The topological polar surface area (TPSA) is 102 Å². The number of hydrogen-bond donors (Lipinski definition) is 3. The van der Waals surface area contributed by atoms with Crippen LogP contribution >= 0.6 is 0 Å². The third-order valence-electron chi connectivity index (χ3n) is 4.15. The lowest BCUT2D eigenvalue weighted by atomic mass is 10.1. The Morgan fingerprint density at radius 1 is 1.26 bits per heavy atom. The van der Waals surface area contributed by atoms with E-state index in [1.54, 1.807) is 20.8 Å². The predicted octanol–water partition coefficient (Wildman–Crippen LogP) is 0.582. The van der Waals surface area contributed by atoms with Crippen LogP contribution in [0.25, 0.3) is 0 Å². The van der Waals surface area contributed by atoms with Crippen molar-refractivity contribution >= 4 is 17.7 Å². The van der Waals surface area contributed by atoms with Crippen LogP contribution in [0.4, 0.5) is 10.5 Å². The van der Waals surface area contributed by atoms with Gasteiger partial charge in [0.1, 0.15) is 11.6 Å². The lowest BCUT2D eigenvalue weighted by Crippen LogP contribution is -2.61. The molecule has 2 unspecified atom stereocenters. The average molecular weight is 379 g/mol. The van der Waals surface area contributed by atoms with Crippen LogP contribution in [0.3, 0.4) is 0 Å². The molecule has 27 heavy (non-hydrogen) atoms. The molecule has 1 fully saturated rings. The minimum atomic E-state index is -1.02. The third kappa shape index (κ3) is 6.11. The van der Waals surface area contributed by atoms with Crippen LogP contribution in [0.2, 0.25) is 0 Å². The Kier molecular flexibility index (Phi) is 7.04. The van der Waals surface area contributed by atoms with Gasteiger partial charge in [0.25, 0.3) is 0 Å². The Hall–Kier alpha value is -2.32. The molecule has 2 rings (SSSR count). The van der Waals surface area contributed by atoms with E-state index in [9.17, 15) is 14.7 Å². The number of anilines is 1. The highest BCUT2D eigenvalue weighted by Crippen LogP contribution is 2.22. The zero-order chi connectivity index (χ0) is 20.0. The minimum Gasteiger partial charge on any atom is -0.444 e. The first-order chi connectivity index (χ1) is 12.7. The van der Waals surface area contributed by atoms with E-state index in [1.807, 2.05) is 35.2 Å². The number of nitrogens with one attached hydrogen (secondary N) is 1. The molecule has 1 heterocycles. The van der Waals surface area contributed by atoms with E-state index < -0.39 is 30.4 Å². The van der Waals surface area contributed by atoms with Gasteiger partial charge in [0.15, 0.2) is 0 Å². The number of rotatable bonds is 5. The zero-order valence-electron chi connectivity index (χ0n) is 16.1. The van der Waals surface area contributed by atoms with Crippen LogP contribution in [0, 0.1) is 0 Å². The number of carbonyl (C=O) groups is 2. The van der Waals surface area contributed by atoms with Gasteiger partial charge >= 0.3 is 6.09 Å². The van der Waals surface area contributed by atoms with Crippen molar-refractivity contribution < 1.29 is 24.5 Å². The summed E-state index contributed by atoms with van der Waals surface area (Å²) in [6.07, 6.45) is -1.48. The Morgan fingerprint density at radius 2 is 1.93 bits per heavy atom. The highest BCUT2D eigenvalue weighted by Gasteiger charge is 2.36. The predicted molar refractivity (Wildman–Crippen MR) is 101 cm³/mol. The summed E-state index contributed by atoms with van der Waals surface area (Å²) < 4.78 is 5.43. The van der Waals surface area contributed by atoms with Crippen LogP contribution in [0.5, 0.6) is 0 Å². The first-order valence-electron chi connectivity index (χ1n) is 9.07. The van der Waals surface area contributed by atoms with Gasteiger partial charge in [-0.15, -0.1) is 0 Å². The Balaban J connectivity index is 2.14. The molecule has 3 N–H and O–H groups in total. The molecular formula is C19H29N3O5. The standard InChI is InChI=1S/C19H29N3O5/c1-19(2,3)27-18(26)21-9-10-22(14-7-5-4-6-8-14)16(12-21)17(25)20-11-15(24)13-23/h4-8,15-16,23-24H,9-13H2,1-3H3,(H,20,25). The number of amides is 2. The van der Waals surface area contributed by atoms with Gasteiger partial charge < -0.3 is 30.1 Å². The van der Waals surface area contributed by atoms with E-state index >= 15 is 0 Å². The third-order valence-corrected chi connectivity index (χ3v) is 4.15. The fourth-order valence-corrected chi connectivity index (χ4v) is 2.83. The molecule has 0 bridgehead atoms. The maximum atomic E-state index is 12.7. The van der Waals surface area contributed by atoms with E-state index in [1.165, 1.54) is 4.90 Å². The number of aliphatic hydroxyl groups excluding tert-OH is 2. The Labute approximate surface area is 159 Å². The highest BCUT2D eigenvalue weighted by atomic mass is 16.6. The SMILES string of the molecule is CC(C)(C)OC(=O)N1CCN(c2ccccc2)C(C(=O)NCC(O)CO)C1. The monoisotopic (exact) mass is 379 g/mol. The van der Waals surface area contributed by atoms with E-state index in [0.717, 1.165) is 5.69 Å². The number of carbonyl (C=O) groups excluding carboxylic acids is 2. The van der Waals surface area contributed by atoms with Gasteiger partial charge in [-0.1, -0.05) is 18.2 Å². The summed E-state index contributed by atoms with van der Waals surface area (Å²) in [5, 5.41) is 21.1. The molecule has 1 saturated heterocycles. The number of nitrogens with zero attached hydrogens (tertiary/aromatic N) is 2. The average Bonchev–Trinajstić information content (AvgIpc) is 2.64. The van der Waals surface area contributed by atoms with Crippen molar-refractivity contribution in [2.45, 2.75) is 38.5 Å². The first-order valence-corrected chi connectivity index (χ1v) is 9.07.